The molecule has 16 heavy (non-hydrogen) atoms. The van der Waals surface area contributed by atoms with Crippen molar-refractivity contribution in [1.82, 2.24) is 0 Å². The second kappa shape index (κ2) is 10.7. The van der Waals surface area contributed by atoms with Gasteiger partial charge in [0, 0.05) is 0 Å². The van der Waals surface area contributed by atoms with Gasteiger partial charge in [0.05, 0.1) is 12.5 Å². The fourth-order valence-electron chi connectivity index (χ4n) is 1.29. The van der Waals surface area contributed by atoms with Gasteiger partial charge in [-0.2, -0.15) is 0 Å². The summed E-state index contributed by atoms with van der Waals surface area (Å²) in [5.41, 5.74) is 0. The first kappa shape index (κ1) is 15.2. The molecular formula is C14H26O2. The first-order chi connectivity index (χ1) is 7.68. The Morgan fingerprint density at radius 1 is 1.12 bits per heavy atom. The molecule has 0 aliphatic rings. The summed E-state index contributed by atoms with van der Waals surface area (Å²) in [4.78, 5) is 11.1. The van der Waals surface area contributed by atoms with E-state index in [2.05, 4.69) is 19.1 Å². The number of hydrogen-bond donors (Lipinski definition) is 0. The summed E-state index contributed by atoms with van der Waals surface area (Å²) in [5, 5.41) is 0. The molecule has 0 aromatic carbocycles. The van der Waals surface area contributed by atoms with Gasteiger partial charge in [0.25, 0.3) is 0 Å². The third kappa shape index (κ3) is 9.75. The Balaban J connectivity index is 3.23. The van der Waals surface area contributed by atoms with Gasteiger partial charge in [-0.05, 0) is 25.7 Å². The van der Waals surface area contributed by atoms with Gasteiger partial charge in [-0.1, -0.05) is 45.8 Å². The number of carbonyl (C=O) groups is 1. The van der Waals surface area contributed by atoms with Crippen LogP contribution in [0.5, 0.6) is 0 Å². The molecule has 0 saturated heterocycles. The lowest BCUT2D eigenvalue weighted by molar-refractivity contribution is -0.147. The normalized spacial score (nSPS) is 11.2. The Morgan fingerprint density at radius 3 is 2.31 bits per heavy atom. The zero-order valence-electron chi connectivity index (χ0n) is 11.0. The first-order valence-corrected chi connectivity index (χ1v) is 6.50. The molecule has 0 aliphatic heterocycles. The van der Waals surface area contributed by atoms with E-state index in [4.69, 9.17) is 4.74 Å². The summed E-state index contributed by atoms with van der Waals surface area (Å²) in [6, 6.07) is 0. The molecule has 0 radical (unpaired) electrons. The number of rotatable bonds is 9. The highest BCUT2D eigenvalue weighted by molar-refractivity contribution is 5.71. The third-order valence-corrected chi connectivity index (χ3v) is 2.37. The third-order valence-electron chi connectivity index (χ3n) is 2.37. The van der Waals surface area contributed by atoms with Crippen LogP contribution in [-0.2, 0) is 9.53 Å². The van der Waals surface area contributed by atoms with E-state index >= 15 is 0 Å². The lowest BCUT2D eigenvalue weighted by Gasteiger charge is -2.05. The maximum atomic E-state index is 11.1. The Morgan fingerprint density at radius 2 is 1.75 bits per heavy atom. The summed E-state index contributed by atoms with van der Waals surface area (Å²) in [6.07, 6.45) is 11.4. The summed E-state index contributed by atoms with van der Waals surface area (Å²) in [7, 11) is 0. The highest BCUT2D eigenvalue weighted by Gasteiger charge is 2.06. The van der Waals surface area contributed by atoms with E-state index in [1.807, 2.05) is 13.8 Å². The fourth-order valence-corrected chi connectivity index (χ4v) is 1.29. The number of esters is 1. The van der Waals surface area contributed by atoms with Crippen molar-refractivity contribution < 1.29 is 9.53 Å². The van der Waals surface area contributed by atoms with Crippen molar-refractivity contribution >= 4 is 5.97 Å². The summed E-state index contributed by atoms with van der Waals surface area (Å²) >= 11 is 0. The minimum Gasteiger partial charge on any atom is -0.465 e. The number of allylic oxidation sites excluding steroid dienone is 2. The minimum atomic E-state index is -0.0908. The highest BCUT2D eigenvalue weighted by atomic mass is 16.5. The van der Waals surface area contributed by atoms with Crippen molar-refractivity contribution in [2.24, 2.45) is 5.92 Å². The lowest BCUT2D eigenvalue weighted by atomic mass is 10.2. The monoisotopic (exact) mass is 226 g/mol. The maximum absolute atomic E-state index is 11.1. The van der Waals surface area contributed by atoms with Crippen LogP contribution in [0.15, 0.2) is 12.2 Å². The molecule has 0 atom stereocenters. The van der Waals surface area contributed by atoms with Crippen molar-refractivity contribution in [2.45, 2.75) is 59.3 Å². The topological polar surface area (TPSA) is 26.3 Å². The Hall–Kier alpha value is -0.790. The van der Waals surface area contributed by atoms with Crippen LogP contribution in [0.1, 0.15) is 59.3 Å². The first-order valence-electron chi connectivity index (χ1n) is 6.50. The molecule has 2 heteroatoms. The van der Waals surface area contributed by atoms with Crippen molar-refractivity contribution in [2.75, 3.05) is 6.61 Å². The molecule has 94 valence electrons. The second-order valence-corrected chi connectivity index (χ2v) is 4.43. The van der Waals surface area contributed by atoms with Gasteiger partial charge in [-0.15, -0.1) is 0 Å². The van der Waals surface area contributed by atoms with Crippen molar-refractivity contribution in [1.29, 1.82) is 0 Å². The average Bonchev–Trinajstić information content (AvgIpc) is 2.26. The van der Waals surface area contributed by atoms with Gasteiger partial charge < -0.3 is 4.74 Å². The van der Waals surface area contributed by atoms with Crippen LogP contribution in [0, 0.1) is 5.92 Å². The van der Waals surface area contributed by atoms with Crippen molar-refractivity contribution in [3.63, 3.8) is 0 Å². The van der Waals surface area contributed by atoms with Crippen LogP contribution >= 0.6 is 0 Å². The van der Waals surface area contributed by atoms with E-state index < -0.39 is 0 Å². The second-order valence-electron chi connectivity index (χ2n) is 4.43. The van der Waals surface area contributed by atoms with Crippen LogP contribution in [0.4, 0.5) is 0 Å². The lowest BCUT2D eigenvalue weighted by Crippen LogP contribution is -2.12. The van der Waals surface area contributed by atoms with Crippen LogP contribution in [-0.4, -0.2) is 12.6 Å². The number of carbonyl (C=O) groups excluding carboxylic acids is 1. The maximum Gasteiger partial charge on any atom is 0.308 e. The molecule has 0 aliphatic carbocycles. The van der Waals surface area contributed by atoms with E-state index in [1.165, 1.54) is 25.7 Å². The van der Waals surface area contributed by atoms with Crippen LogP contribution in [0.25, 0.3) is 0 Å². The molecule has 0 fully saturated rings. The highest BCUT2D eigenvalue weighted by Crippen LogP contribution is 2.02. The average molecular weight is 226 g/mol. The molecule has 0 N–H and O–H groups in total. The van der Waals surface area contributed by atoms with Crippen molar-refractivity contribution in [3.8, 4) is 0 Å². The molecule has 0 saturated carbocycles. The van der Waals surface area contributed by atoms with Crippen molar-refractivity contribution in [3.05, 3.63) is 12.2 Å². The van der Waals surface area contributed by atoms with E-state index in [9.17, 15) is 4.79 Å². The van der Waals surface area contributed by atoms with Gasteiger partial charge in [0.2, 0.25) is 0 Å². The Kier molecular flexibility index (Phi) is 10.2. The summed E-state index contributed by atoms with van der Waals surface area (Å²) in [5.74, 6) is -0.100. The largest absolute Gasteiger partial charge is 0.465 e. The SMILES string of the molecule is CCCCC/C=C\CCCOC(=O)C(C)C. The van der Waals surface area contributed by atoms with E-state index in [1.54, 1.807) is 0 Å². The van der Waals surface area contributed by atoms with Gasteiger partial charge in [0.1, 0.15) is 0 Å². The predicted molar refractivity (Wildman–Crippen MR) is 68.3 cm³/mol. The zero-order chi connectivity index (χ0) is 12.2. The standard InChI is InChI=1S/C14H26O2/c1-4-5-6-7-8-9-10-11-12-16-14(15)13(2)3/h8-9,13H,4-7,10-12H2,1-3H3/b9-8-. The summed E-state index contributed by atoms with van der Waals surface area (Å²) in [6.45, 7) is 6.48. The van der Waals surface area contributed by atoms with Gasteiger partial charge in [-0.25, -0.2) is 0 Å². The molecule has 0 aromatic heterocycles. The van der Waals surface area contributed by atoms with Gasteiger partial charge in [-0.3, -0.25) is 4.79 Å². The fraction of sp³-hybridized carbons (Fsp3) is 0.786. The minimum absolute atomic E-state index is 0.00964. The number of hydrogen-bond acceptors (Lipinski definition) is 2. The smallest absolute Gasteiger partial charge is 0.308 e. The molecule has 0 heterocycles. The van der Waals surface area contributed by atoms with Gasteiger partial charge in [0.15, 0.2) is 0 Å². The molecule has 2 nitrogen and oxygen atoms in total. The molecule has 0 amide bonds. The molecule has 0 aromatic rings. The zero-order valence-corrected chi connectivity index (χ0v) is 11.0. The van der Waals surface area contributed by atoms with E-state index in [0.717, 1.165) is 12.8 Å². The molecule has 0 bridgehead atoms. The van der Waals surface area contributed by atoms with Crippen LogP contribution < -0.4 is 0 Å². The molecule has 0 unspecified atom stereocenters. The van der Waals surface area contributed by atoms with E-state index in [-0.39, 0.29) is 11.9 Å². The van der Waals surface area contributed by atoms with Crippen LogP contribution in [0.2, 0.25) is 0 Å². The Labute approximate surface area is 100 Å². The number of unbranched alkanes of at least 4 members (excludes halogenated alkanes) is 4. The van der Waals surface area contributed by atoms with Crippen LogP contribution in [0.3, 0.4) is 0 Å². The van der Waals surface area contributed by atoms with E-state index in [0.29, 0.717) is 6.61 Å². The Bertz CT molecular complexity index is 195. The quantitative estimate of drug-likeness (QED) is 0.336. The predicted octanol–water partition coefficient (Wildman–Crippen LogP) is 4.10. The molecule has 0 spiro atoms. The van der Waals surface area contributed by atoms with Gasteiger partial charge >= 0.3 is 5.97 Å². The summed E-state index contributed by atoms with van der Waals surface area (Å²) < 4.78 is 5.08. The molecular weight excluding hydrogens is 200 g/mol. The molecule has 0 rings (SSSR count). The number of ether oxygens (including phenoxy) is 1.